The Balaban J connectivity index is 2.93. The van der Waals surface area contributed by atoms with Crippen molar-refractivity contribution in [1.82, 2.24) is 0 Å². The lowest BCUT2D eigenvalue weighted by atomic mass is 10.2. The number of non-ortho nitro benzene ring substituents is 1. The highest BCUT2D eigenvalue weighted by Gasteiger charge is 2.16. The number of carbonyl (C=O) groups excluding carboxylic acids is 1. The Hall–Kier alpha value is -1.43. The minimum absolute atomic E-state index is 0.0524. The van der Waals surface area contributed by atoms with Crippen LogP contribution in [0.2, 0.25) is 0 Å². The van der Waals surface area contributed by atoms with E-state index in [4.69, 9.17) is 4.74 Å². The summed E-state index contributed by atoms with van der Waals surface area (Å²) in [5.74, 6) is 0.247. The van der Waals surface area contributed by atoms with Crippen molar-refractivity contribution in [2.24, 2.45) is 0 Å². The van der Waals surface area contributed by atoms with E-state index in [1.165, 1.54) is 18.2 Å². The molecule has 0 heterocycles. The summed E-state index contributed by atoms with van der Waals surface area (Å²) in [7, 11) is 0. The zero-order valence-electron chi connectivity index (χ0n) is 9.47. The molecule has 0 fully saturated rings. The Kier molecular flexibility index (Phi) is 4.62. The van der Waals surface area contributed by atoms with Gasteiger partial charge in [0, 0.05) is 12.5 Å². The zero-order valence-corrected chi connectivity index (χ0v) is 11.1. The number of hydrogen-bond acceptors (Lipinski definition) is 4. The van der Waals surface area contributed by atoms with E-state index in [2.05, 4.69) is 15.9 Å². The van der Waals surface area contributed by atoms with Crippen molar-refractivity contribution in [2.45, 2.75) is 26.4 Å². The maximum atomic E-state index is 11.4. The highest BCUT2D eigenvalue weighted by molar-refractivity contribution is 9.10. The topological polar surface area (TPSA) is 69.4 Å². The van der Waals surface area contributed by atoms with Crippen LogP contribution in [-0.2, 0) is 4.79 Å². The van der Waals surface area contributed by atoms with Gasteiger partial charge in [0.25, 0.3) is 5.69 Å². The van der Waals surface area contributed by atoms with Crippen LogP contribution in [0.3, 0.4) is 0 Å². The second-order valence-electron chi connectivity index (χ2n) is 3.45. The molecule has 0 saturated carbocycles. The van der Waals surface area contributed by atoms with Crippen molar-refractivity contribution in [3.05, 3.63) is 32.8 Å². The third kappa shape index (κ3) is 3.52. The van der Waals surface area contributed by atoms with Crippen molar-refractivity contribution in [2.75, 3.05) is 0 Å². The van der Waals surface area contributed by atoms with Gasteiger partial charge in [-0.15, -0.1) is 0 Å². The average Bonchev–Trinajstić information content (AvgIpc) is 2.30. The standard InChI is InChI=1S/C11H12BrNO4/c1-3-10(14)7(2)17-11-6-8(13(15)16)4-5-9(11)12/h4-7H,3H2,1-2H3. The van der Waals surface area contributed by atoms with Crippen LogP contribution in [0, 0.1) is 10.1 Å². The number of nitrogens with zero attached hydrogens (tertiary/aromatic N) is 1. The lowest BCUT2D eigenvalue weighted by Crippen LogP contribution is -2.22. The van der Waals surface area contributed by atoms with Crippen molar-refractivity contribution in [3.63, 3.8) is 0 Å². The molecule has 0 saturated heterocycles. The van der Waals surface area contributed by atoms with Crippen LogP contribution in [-0.4, -0.2) is 16.8 Å². The van der Waals surface area contributed by atoms with E-state index >= 15 is 0 Å². The summed E-state index contributed by atoms with van der Waals surface area (Å²) >= 11 is 3.22. The summed E-state index contributed by atoms with van der Waals surface area (Å²) in [5.41, 5.74) is -0.0700. The number of rotatable bonds is 5. The molecular formula is C11H12BrNO4. The molecule has 0 amide bonds. The Morgan fingerprint density at radius 1 is 1.59 bits per heavy atom. The second kappa shape index (κ2) is 5.77. The Morgan fingerprint density at radius 3 is 2.76 bits per heavy atom. The summed E-state index contributed by atoms with van der Waals surface area (Å²) in [6, 6.07) is 4.18. The molecule has 0 bridgehead atoms. The van der Waals surface area contributed by atoms with Gasteiger partial charge in [-0.1, -0.05) is 6.92 Å². The van der Waals surface area contributed by atoms with Crippen molar-refractivity contribution in [3.8, 4) is 5.75 Å². The number of halogens is 1. The van der Waals surface area contributed by atoms with E-state index in [9.17, 15) is 14.9 Å². The van der Waals surface area contributed by atoms with Gasteiger partial charge in [0.2, 0.25) is 0 Å². The van der Waals surface area contributed by atoms with E-state index in [0.29, 0.717) is 16.6 Å². The van der Waals surface area contributed by atoms with Gasteiger partial charge in [0.05, 0.1) is 15.5 Å². The van der Waals surface area contributed by atoms with Crippen LogP contribution in [0.5, 0.6) is 5.75 Å². The first kappa shape index (κ1) is 13.6. The molecule has 0 aliphatic heterocycles. The summed E-state index contributed by atoms with van der Waals surface area (Å²) in [6.45, 7) is 3.36. The van der Waals surface area contributed by atoms with E-state index < -0.39 is 11.0 Å². The molecule has 5 nitrogen and oxygen atoms in total. The summed E-state index contributed by atoms with van der Waals surface area (Å²) < 4.78 is 5.97. The zero-order chi connectivity index (χ0) is 13.0. The Morgan fingerprint density at radius 2 is 2.24 bits per heavy atom. The maximum Gasteiger partial charge on any atom is 0.273 e. The van der Waals surface area contributed by atoms with Crippen LogP contribution in [0.4, 0.5) is 5.69 Å². The average molecular weight is 302 g/mol. The molecule has 0 radical (unpaired) electrons. The molecule has 1 aromatic carbocycles. The molecule has 1 unspecified atom stereocenters. The van der Waals surface area contributed by atoms with Crippen LogP contribution < -0.4 is 4.74 Å². The molecule has 92 valence electrons. The molecular weight excluding hydrogens is 290 g/mol. The van der Waals surface area contributed by atoms with Gasteiger partial charge in [0.1, 0.15) is 5.75 Å². The molecule has 0 N–H and O–H groups in total. The first-order chi connectivity index (χ1) is 7.95. The fourth-order valence-corrected chi connectivity index (χ4v) is 1.58. The first-order valence-corrected chi connectivity index (χ1v) is 5.88. The molecule has 17 heavy (non-hydrogen) atoms. The van der Waals surface area contributed by atoms with Crippen molar-refractivity contribution >= 4 is 27.4 Å². The van der Waals surface area contributed by atoms with Crippen LogP contribution in [0.15, 0.2) is 22.7 Å². The van der Waals surface area contributed by atoms with E-state index in [1.54, 1.807) is 13.8 Å². The molecule has 0 aromatic heterocycles. The summed E-state index contributed by atoms with van der Waals surface area (Å²) in [4.78, 5) is 21.5. The Bertz CT molecular complexity index is 447. The highest BCUT2D eigenvalue weighted by atomic mass is 79.9. The van der Waals surface area contributed by atoms with E-state index in [-0.39, 0.29) is 11.5 Å². The number of carbonyl (C=O) groups is 1. The van der Waals surface area contributed by atoms with Gasteiger partial charge in [-0.25, -0.2) is 0 Å². The molecule has 1 atom stereocenters. The first-order valence-electron chi connectivity index (χ1n) is 5.09. The smallest absolute Gasteiger partial charge is 0.273 e. The van der Waals surface area contributed by atoms with Gasteiger partial charge >= 0.3 is 0 Å². The van der Waals surface area contributed by atoms with E-state index in [1.807, 2.05) is 0 Å². The number of nitro groups is 1. The normalized spacial score (nSPS) is 11.9. The minimum atomic E-state index is -0.613. The van der Waals surface area contributed by atoms with Gasteiger partial charge in [-0.2, -0.15) is 0 Å². The highest BCUT2D eigenvalue weighted by Crippen LogP contribution is 2.30. The molecule has 0 spiro atoms. The molecule has 1 aromatic rings. The van der Waals surface area contributed by atoms with Gasteiger partial charge in [0.15, 0.2) is 11.9 Å². The summed E-state index contributed by atoms with van der Waals surface area (Å²) in [6.07, 6.45) is -0.244. The van der Waals surface area contributed by atoms with Crippen molar-refractivity contribution < 1.29 is 14.5 Å². The van der Waals surface area contributed by atoms with Gasteiger partial charge < -0.3 is 4.74 Å². The molecule has 6 heteroatoms. The predicted molar refractivity (Wildman–Crippen MR) is 66.2 cm³/mol. The van der Waals surface area contributed by atoms with Crippen LogP contribution in [0.25, 0.3) is 0 Å². The Labute approximate surface area is 107 Å². The van der Waals surface area contributed by atoms with Gasteiger partial charge in [-0.05, 0) is 28.9 Å². The second-order valence-corrected chi connectivity index (χ2v) is 4.31. The van der Waals surface area contributed by atoms with E-state index in [0.717, 1.165) is 0 Å². The lowest BCUT2D eigenvalue weighted by molar-refractivity contribution is -0.385. The number of hydrogen-bond donors (Lipinski definition) is 0. The number of nitro benzene ring substituents is 1. The number of benzene rings is 1. The SMILES string of the molecule is CCC(=O)C(C)Oc1cc([N+](=O)[O-])ccc1Br. The monoisotopic (exact) mass is 301 g/mol. The number of ketones is 1. The number of ether oxygens (including phenoxy) is 1. The molecule has 0 aliphatic rings. The molecule has 1 rings (SSSR count). The quantitative estimate of drug-likeness (QED) is 0.619. The lowest BCUT2D eigenvalue weighted by Gasteiger charge is -2.13. The largest absolute Gasteiger partial charge is 0.482 e. The predicted octanol–water partition coefficient (Wildman–Crippen LogP) is 3.10. The third-order valence-electron chi connectivity index (χ3n) is 2.23. The minimum Gasteiger partial charge on any atom is -0.482 e. The fourth-order valence-electron chi connectivity index (χ4n) is 1.24. The number of Topliss-reactive ketones (excluding diaryl/α,β-unsaturated/α-hetero) is 1. The van der Waals surface area contributed by atoms with Crippen LogP contribution >= 0.6 is 15.9 Å². The third-order valence-corrected chi connectivity index (χ3v) is 2.89. The van der Waals surface area contributed by atoms with Gasteiger partial charge in [-0.3, -0.25) is 14.9 Å². The summed E-state index contributed by atoms with van der Waals surface area (Å²) in [5, 5.41) is 10.6. The van der Waals surface area contributed by atoms with Crippen LogP contribution in [0.1, 0.15) is 20.3 Å². The van der Waals surface area contributed by atoms with Crippen molar-refractivity contribution in [1.29, 1.82) is 0 Å². The molecule has 0 aliphatic carbocycles. The maximum absolute atomic E-state index is 11.4. The fraction of sp³-hybridized carbons (Fsp3) is 0.364.